The highest BCUT2D eigenvalue weighted by atomic mass is 32.2. The molecule has 1 N–H and O–H groups in total. The number of rotatable bonds is 8. The summed E-state index contributed by atoms with van der Waals surface area (Å²) in [4.78, 5) is 12.7. The van der Waals surface area contributed by atoms with Crippen LogP contribution in [0.2, 0.25) is 0 Å². The summed E-state index contributed by atoms with van der Waals surface area (Å²) in [6, 6.07) is 9.42. The predicted molar refractivity (Wildman–Crippen MR) is 91.9 cm³/mol. The van der Waals surface area contributed by atoms with E-state index in [0.717, 1.165) is 24.4 Å². The molecule has 1 saturated carbocycles. The van der Waals surface area contributed by atoms with Gasteiger partial charge in [0.05, 0.1) is 18.0 Å². The van der Waals surface area contributed by atoms with Crippen molar-refractivity contribution in [1.29, 1.82) is 0 Å². The highest BCUT2D eigenvalue weighted by Gasteiger charge is 2.31. The SMILES string of the molecule is CCCS(=O)(=O)NCCn1nc(C2CC2)n(-c2ccccc2)c1=O. The van der Waals surface area contributed by atoms with Gasteiger partial charge >= 0.3 is 5.69 Å². The number of aromatic nitrogens is 3. The minimum absolute atomic E-state index is 0.0910. The van der Waals surface area contributed by atoms with E-state index in [1.165, 1.54) is 4.68 Å². The second-order valence-corrected chi connectivity index (χ2v) is 7.95. The van der Waals surface area contributed by atoms with E-state index in [1.54, 1.807) is 4.57 Å². The molecule has 7 nitrogen and oxygen atoms in total. The molecule has 0 unspecified atom stereocenters. The molecule has 2 aromatic rings. The van der Waals surface area contributed by atoms with E-state index >= 15 is 0 Å². The lowest BCUT2D eigenvalue weighted by Gasteiger charge is -2.04. The van der Waals surface area contributed by atoms with Crippen molar-refractivity contribution >= 4 is 10.0 Å². The van der Waals surface area contributed by atoms with E-state index in [4.69, 9.17) is 0 Å². The third-order valence-electron chi connectivity index (χ3n) is 3.94. The molecule has 8 heteroatoms. The Morgan fingerprint density at radius 3 is 2.58 bits per heavy atom. The van der Waals surface area contributed by atoms with E-state index in [2.05, 4.69) is 9.82 Å². The molecule has 1 heterocycles. The maximum atomic E-state index is 12.7. The molecule has 0 amide bonds. The molecule has 24 heavy (non-hydrogen) atoms. The van der Waals surface area contributed by atoms with Crippen LogP contribution >= 0.6 is 0 Å². The third kappa shape index (κ3) is 3.76. The Morgan fingerprint density at radius 1 is 1.25 bits per heavy atom. The van der Waals surface area contributed by atoms with Gasteiger partial charge in [0.1, 0.15) is 5.82 Å². The van der Waals surface area contributed by atoms with Crippen LogP contribution in [0.5, 0.6) is 0 Å². The molecule has 1 aromatic carbocycles. The zero-order chi connectivity index (χ0) is 17.2. The zero-order valence-corrected chi connectivity index (χ0v) is 14.5. The highest BCUT2D eigenvalue weighted by Crippen LogP contribution is 2.39. The Hall–Kier alpha value is -1.93. The smallest absolute Gasteiger partial charge is 0.247 e. The maximum Gasteiger partial charge on any atom is 0.350 e. The second-order valence-electron chi connectivity index (χ2n) is 6.02. The normalized spacial score (nSPS) is 14.9. The lowest BCUT2D eigenvalue weighted by Crippen LogP contribution is -2.33. The van der Waals surface area contributed by atoms with Gasteiger partial charge in [-0.1, -0.05) is 25.1 Å². The number of nitrogens with zero attached hydrogens (tertiary/aromatic N) is 3. The summed E-state index contributed by atoms with van der Waals surface area (Å²) in [6.07, 6.45) is 2.63. The number of sulfonamides is 1. The Bertz CT molecular complexity index is 851. The van der Waals surface area contributed by atoms with Crippen molar-refractivity contribution in [2.45, 2.75) is 38.6 Å². The standard InChI is InChI=1S/C16H22N4O3S/c1-2-12-24(22,23)17-10-11-19-16(21)20(14-6-4-3-5-7-14)15(18-19)13-8-9-13/h3-7,13,17H,2,8-12H2,1H3. The fourth-order valence-electron chi connectivity index (χ4n) is 2.64. The lowest BCUT2D eigenvalue weighted by molar-refractivity contribution is 0.550. The molecule has 1 aromatic heterocycles. The summed E-state index contributed by atoms with van der Waals surface area (Å²) in [5, 5.41) is 4.45. The molecule has 1 aliphatic carbocycles. The Kier molecular flexibility index (Phi) is 4.86. The van der Waals surface area contributed by atoms with Gasteiger partial charge in [0.2, 0.25) is 10.0 Å². The molecular formula is C16H22N4O3S. The van der Waals surface area contributed by atoms with Crippen LogP contribution in [-0.2, 0) is 16.6 Å². The van der Waals surface area contributed by atoms with Crippen molar-refractivity contribution < 1.29 is 8.42 Å². The van der Waals surface area contributed by atoms with Crippen LogP contribution in [0.25, 0.3) is 5.69 Å². The van der Waals surface area contributed by atoms with Crippen LogP contribution in [0, 0.1) is 0 Å². The topological polar surface area (TPSA) is 86.0 Å². The summed E-state index contributed by atoms with van der Waals surface area (Å²) < 4.78 is 28.9. The summed E-state index contributed by atoms with van der Waals surface area (Å²) in [5.74, 6) is 1.17. The van der Waals surface area contributed by atoms with Crippen molar-refractivity contribution in [3.63, 3.8) is 0 Å². The summed E-state index contributed by atoms with van der Waals surface area (Å²) in [5.41, 5.74) is 0.569. The highest BCUT2D eigenvalue weighted by molar-refractivity contribution is 7.89. The molecule has 0 bridgehead atoms. The predicted octanol–water partition coefficient (Wildman–Crippen LogP) is 1.24. The fourth-order valence-corrected chi connectivity index (χ4v) is 3.73. The van der Waals surface area contributed by atoms with E-state index in [1.807, 2.05) is 37.3 Å². The Labute approximate surface area is 141 Å². The van der Waals surface area contributed by atoms with Crippen LogP contribution < -0.4 is 10.4 Å². The second kappa shape index (κ2) is 6.90. The molecule has 0 radical (unpaired) electrons. The van der Waals surface area contributed by atoms with Gasteiger partial charge in [-0.3, -0.25) is 0 Å². The van der Waals surface area contributed by atoms with Gasteiger partial charge in [0, 0.05) is 12.5 Å². The number of hydrogen-bond acceptors (Lipinski definition) is 4. The first kappa shape index (κ1) is 16.9. The minimum Gasteiger partial charge on any atom is -0.247 e. The van der Waals surface area contributed by atoms with Crippen molar-refractivity contribution in [2.24, 2.45) is 0 Å². The number of benzene rings is 1. The minimum atomic E-state index is -3.27. The fraction of sp³-hybridized carbons (Fsp3) is 0.500. The Morgan fingerprint density at radius 2 is 1.96 bits per heavy atom. The molecule has 0 spiro atoms. The summed E-state index contributed by atoms with van der Waals surface area (Å²) in [6.45, 7) is 2.20. The molecule has 0 aliphatic heterocycles. The van der Waals surface area contributed by atoms with Crippen LogP contribution in [0.4, 0.5) is 0 Å². The van der Waals surface area contributed by atoms with E-state index in [0.29, 0.717) is 12.3 Å². The zero-order valence-electron chi connectivity index (χ0n) is 13.7. The monoisotopic (exact) mass is 350 g/mol. The average Bonchev–Trinajstić information content (AvgIpc) is 3.33. The Balaban J connectivity index is 1.81. The van der Waals surface area contributed by atoms with Crippen molar-refractivity contribution in [2.75, 3.05) is 12.3 Å². The van der Waals surface area contributed by atoms with Crippen LogP contribution in [-0.4, -0.2) is 35.1 Å². The van der Waals surface area contributed by atoms with Crippen molar-refractivity contribution in [1.82, 2.24) is 19.1 Å². The van der Waals surface area contributed by atoms with Gasteiger partial charge in [0.15, 0.2) is 0 Å². The number of hydrogen-bond donors (Lipinski definition) is 1. The summed E-state index contributed by atoms with van der Waals surface area (Å²) >= 11 is 0. The largest absolute Gasteiger partial charge is 0.350 e. The van der Waals surface area contributed by atoms with Crippen molar-refractivity contribution in [3.8, 4) is 5.69 Å². The first-order valence-corrected chi connectivity index (χ1v) is 9.89. The first-order chi connectivity index (χ1) is 11.5. The summed E-state index contributed by atoms with van der Waals surface area (Å²) in [7, 11) is -3.27. The maximum absolute atomic E-state index is 12.7. The van der Waals surface area contributed by atoms with Gasteiger partial charge in [-0.2, -0.15) is 5.10 Å². The number of para-hydroxylation sites is 1. The molecular weight excluding hydrogens is 328 g/mol. The molecule has 1 aliphatic rings. The third-order valence-corrected chi connectivity index (χ3v) is 5.53. The van der Waals surface area contributed by atoms with Gasteiger partial charge in [0.25, 0.3) is 0 Å². The van der Waals surface area contributed by atoms with Crippen LogP contribution in [0.3, 0.4) is 0 Å². The molecule has 0 saturated heterocycles. The van der Waals surface area contributed by atoms with Crippen molar-refractivity contribution in [3.05, 3.63) is 46.6 Å². The molecule has 1 fully saturated rings. The lowest BCUT2D eigenvalue weighted by atomic mass is 10.3. The first-order valence-electron chi connectivity index (χ1n) is 8.24. The van der Waals surface area contributed by atoms with E-state index in [-0.39, 0.29) is 24.5 Å². The van der Waals surface area contributed by atoms with Crippen LogP contribution in [0.1, 0.15) is 37.9 Å². The van der Waals surface area contributed by atoms with E-state index in [9.17, 15) is 13.2 Å². The van der Waals surface area contributed by atoms with Gasteiger partial charge in [-0.25, -0.2) is 27.2 Å². The van der Waals surface area contributed by atoms with Gasteiger partial charge in [-0.15, -0.1) is 0 Å². The quantitative estimate of drug-likeness (QED) is 0.776. The average molecular weight is 350 g/mol. The van der Waals surface area contributed by atoms with Gasteiger partial charge in [-0.05, 0) is 31.4 Å². The molecule has 130 valence electrons. The number of nitrogens with one attached hydrogen (secondary N) is 1. The van der Waals surface area contributed by atoms with E-state index < -0.39 is 10.0 Å². The molecule has 3 rings (SSSR count). The van der Waals surface area contributed by atoms with Gasteiger partial charge < -0.3 is 0 Å². The molecule has 0 atom stereocenters. The van der Waals surface area contributed by atoms with Crippen LogP contribution in [0.15, 0.2) is 35.1 Å².